The first-order chi connectivity index (χ1) is 14.6. The predicted octanol–water partition coefficient (Wildman–Crippen LogP) is 6.42. The maximum absolute atomic E-state index is 13.5. The Hall–Kier alpha value is -0.410. The van der Waals surface area contributed by atoms with Gasteiger partial charge in [-0.15, -0.1) is 0 Å². The largest absolute Gasteiger partial charge is 0.381 e. The number of fused-ring (bicyclic) bond motifs is 5. The van der Waals surface area contributed by atoms with Gasteiger partial charge in [0.1, 0.15) is 5.60 Å². The van der Waals surface area contributed by atoms with E-state index in [1.165, 1.54) is 44.9 Å². The van der Waals surface area contributed by atoms with Gasteiger partial charge in [0.05, 0.1) is 6.10 Å². The molecule has 0 aromatic heterocycles. The Morgan fingerprint density at radius 1 is 1.03 bits per heavy atom. The number of carbonyl (C=O) groups is 1. The summed E-state index contributed by atoms with van der Waals surface area (Å²) < 4.78 is 5.60. The molecule has 4 saturated carbocycles. The number of carbonyl (C=O) groups excluding carboxylic acids is 1. The van der Waals surface area contributed by atoms with Crippen LogP contribution >= 0.6 is 0 Å². The van der Waals surface area contributed by atoms with Crippen LogP contribution in [0.5, 0.6) is 0 Å². The Kier molecular flexibility index (Phi) is 6.45. The molecule has 0 saturated heterocycles. The average Bonchev–Trinajstić information content (AvgIpc) is 3.06. The molecule has 0 heterocycles. The van der Waals surface area contributed by atoms with Crippen LogP contribution in [0.4, 0.5) is 0 Å². The molecule has 0 amide bonds. The van der Waals surface area contributed by atoms with Crippen LogP contribution in [0.15, 0.2) is 0 Å². The first-order valence-corrected chi connectivity index (χ1v) is 13.3. The van der Waals surface area contributed by atoms with E-state index in [0.29, 0.717) is 36.0 Å². The van der Waals surface area contributed by atoms with Gasteiger partial charge in [-0.25, -0.2) is 0 Å². The minimum Gasteiger partial charge on any atom is -0.381 e. The molecule has 0 radical (unpaired) electrons. The summed E-state index contributed by atoms with van der Waals surface area (Å²) in [6.07, 6.45) is 12.2. The molecule has 4 aliphatic carbocycles. The number of hydrogen-bond acceptors (Lipinski definition) is 3. The molecule has 4 fully saturated rings. The highest BCUT2D eigenvalue weighted by Gasteiger charge is 2.67. The van der Waals surface area contributed by atoms with E-state index in [4.69, 9.17) is 4.74 Å². The van der Waals surface area contributed by atoms with Crippen LogP contribution in [0, 0.1) is 46.3 Å². The second-order valence-electron chi connectivity index (χ2n) is 12.9. The highest BCUT2D eigenvalue weighted by molar-refractivity contribution is 5.89. The van der Waals surface area contributed by atoms with E-state index in [9.17, 15) is 9.90 Å². The molecule has 178 valence electrons. The van der Waals surface area contributed by atoms with Crippen molar-refractivity contribution < 1.29 is 14.6 Å². The Morgan fingerprint density at radius 3 is 2.45 bits per heavy atom. The van der Waals surface area contributed by atoms with Crippen molar-refractivity contribution in [1.29, 1.82) is 0 Å². The number of methoxy groups -OCH3 is 1. The van der Waals surface area contributed by atoms with Crippen LogP contribution in [0.2, 0.25) is 0 Å². The Balaban J connectivity index is 1.53. The monoisotopic (exact) mass is 432 g/mol. The third-order valence-electron chi connectivity index (χ3n) is 11.1. The molecule has 1 N–H and O–H groups in total. The minimum absolute atomic E-state index is 0.0231. The lowest BCUT2D eigenvalue weighted by molar-refractivity contribution is -0.215. The highest BCUT2D eigenvalue weighted by Crippen LogP contribution is 2.68. The lowest BCUT2D eigenvalue weighted by Gasteiger charge is -2.63. The van der Waals surface area contributed by atoms with Gasteiger partial charge in [0.15, 0.2) is 5.78 Å². The van der Waals surface area contributed by atoms with Crippen molar-refractivity contribution in [2.75, 3.05) is 7.11 Å². The lowest BCUT2D eigenvalue weighted by Crippen LogP contribution is -2.67. The standard InChI is InChI=1S/C28H48O3/c1-18(2)8-7-9-19(3)22-10-11-23-21-16-25(29)28(30)17-20(31-6)12-15-27(28,5)24(21)13-14-26(22,23)4/h18-24,30H,7-17H2,1-6H3/t19-,20+,21-,22+,23+,24+,26+,27+,28-/m0/s1. The van der Waals surface area contributed by atoms with Crippen LogP contribution in [0.3, 0.4) is 0 Å². The van der Waals surface area contributed by atoms with E-state index >= 15 is 0 Å². The molecule has 0 spiro atoms. The van der Waals surface area contributed by atoms with Gasteiger partial charge in [0.25, 0.3) is 0 Å². The molecule has 0 aromatic rings. The number of aliphatic hydroxyl groups is 1. The summed E-state index contributed by atoms with van der Waals surface area (Å²) in [6, 6.07) is 0. The maximum atomic E-state index is 13.5. The summed E-state index contributed by atoms with van der Waals surface area (Å²) in [5.74, 6) is 4.14. The van der Waals surface area contributed by atoms with E-state index in [1.807, 2.05) is 0 Å². The summed E-state index contributed by atoms with van der Waals surface area (Å²) in [5.41, 5.74) is -1.07. The third kappa shape index (κ3) is 3.65. The SMILES string of the molecule is CO[C@@H]1CC[C@]2(C)[C@@H]3CC[C@@]4(C)[C@H](CC[C@@H]4[C@@H](C)CCCC(C)C)[C@@H]3CC(=O)[C@@]2(O)C1. The summed E-state index contributed by atoms with van der Waals surface area (Å²) in [6.45, 7) is 12.0. The highest BCUT2D eigenvalue weighted by atomic mass is 16.5. The fraction of sp³-hybridized carbons (Fsp3) is 0.964. The van der Waals surface area contributed by atoms with Crippen molar-refractivity contribution in [3.05, 3.63) is 0 Å². The molecule has 4 aliphatic rings. The second-order valence-corrected chi connectivity index (χ2v) is 12.9. The van der Waals surface area contributed by atoms with E-state index in [1.54, 1.807) is 7.11 Å². The molecule has 3 heteroatoms. The first kappa shape index (κ1) is 23.7. The van der Waals surface area contributed by atoms with Gasteiger partial charge >= 0.3 is 0 Å². The molecule has 0 bridgehead atoms. The molecule has 0 aromatic carbocycles. The summed E-state index contributed by atoms with van der Waals surface area (Å²) >= 11 is 0. The predicted molar refractivity (Wildman–Crippen MR) is 126 cm³/mol. The van der Waals surface area contributed by atoms with E-state index in [-0.39, 0.29) is 17.3 Å². The van der Waals surface area contributed by atoms with Crippen LogP contribution < -0.4 is 0 Å². The maximum Gasteiger partial charge on any atom is 0.165 e. The van der Waals surface area contributed by atoms with Crippen LogP contribution in [0.1, 0.15) is 105 Å². The fourth-order valence-electron chi connectivity index (χ4n) is 9.23. The molecule has 9 atom stereocenters. The van der Waals surface area contributed by atoms with Crippen molar-refractivity contribution in [2.24, 2.45) is 46.3 Å². The third-order valence-corrected chi connectivity index (χ3v) is 11.1. The van der Waals surface area contributed by atoms with Crippen LogP contribution in [-0.4, -0.2) is 29.7 Å². The number of ether oxygens (including phenoxy) is 1. The molecule has 3 nitrogen and oxygen atoms in total. The molecular formula is C28H48O3. The zero-order chi connectivity index (χ0) is 22.6. The zero-order valence-electron chi connectivity index (χ0n) is 21.1. The number of ketones is 1. The average molecular weight is 433 g/mol. The van der Waals surface area contributed by atoms with Crippen LogP contribution in [-0.2, 0) is 9.53 Å². The molecule has 0 aliphatic heterocycles. The fourth-order valence-corrected chi connectivity index (χ4v) is 9.23. The van der Waals surface area contributed by atoms with E-state index in [2.05, 4.69) is 34.6 Å². The van der Waals surface area contributed by atoms with Crippen LogP contribution in [0.25, 0.3) is 0 Å². The Bertz CT molecular complexity index is 673. The molecular weight excluding hydrogens is 384 g/mol. The number of rotatable bonds is 6. The topological polar surface area (TPSA) is 46.5 Å². The minimum atomic E-state index is -1.18. The van der Waals surface area contributed by atoms with Crippen molar-refractivity contribution in [2.45, 2.75) is 117 Å². The van der Waals surface area contributed by atoms with Crippen molar-refractivity contribution >= 4 is 5.78 Å². The van der Waals surface area contributed by atoms with Gasteiger partial charge in [-0.1, -0.05) is 53.9 Å². The normalized spacial score (nSPS) is 48.3. The van der Waals surface area contributed by atoms with Crippen molar-refractivity contribution in [3.63, 3.8) is 0 Å². The van der Waals surface area contributed by atoms with Gasteiger partial charge in [-0.2, -0.15) is 0 Å². The molecule has 31 heavy (non-hydrogen) atoms. The van der Waals surface area contributed by atoms with Gasteiger partial charge in [0.2, 0.25) is 0 Å². The second kappa shape index (κ2) is 8.42. The Labute approximate surface area is 191 Å². The number of hydrogen-bond donors (Lipinski definition) is 1. The summed E-state index contributed by atoms with van der Waals surface area (Å²) in [5, 5.41) is 11.7. The summed E-state index contributed by atoms with van der Waals surface area (Å²) in [7, 11) is 1.72. The van der Waals surface area contributed by atoms with Gasteiger partial charge < -0.3 is 9.84 Å². The summed E-state index contributed by atoms with van der Waals surface area (Å²) in [4.78, 5) is 13.5. The number of Topliss-reactive ketones (excluding diaryl/α,β-unsaturated/α-hetero) is 1. The first-order valence-electron chi connectivity index (χ1n) is 13.3. The Morgan fingerprint density at radius 2 is 1.77 bits per heavy atom. The zero-order valence-corrected chi connectivity index (χ0v) is 21.1. The van der Waals surface area contributed by atoms with Crippen molar-refractivity contribution in [1.82, 2.24) is 0 Å². The quantitative estimate of drug-likeness (QED) is 0.527. The van der Waals surface area contributed by atoms with Gasteiger partial charge in [-0.3, -0.25) is 4.79 Å². The van der Waals surface area contributed by atoms with E-state index < -0.39 is 5.60 Å². The van der Waals surface area contributed by atoms with Crippen molar-refractivity contribution in [3.8, 4) is 0 Å². The smallest absolute Gasteiger partial charge is 0.165 e. The van der Waals surface area contributed by atoms with Gasteiger partial charge in [-0.05, 0) is 79.4 Å². The van der Waals surface area contributed by atoms with Gasteiger partial charge in [0, 0.05) is 25.4 Å². The van der Waals surface area contributed by atoms with E-state index in [0.717, 1.165) is 30.6 Å². The molecule has 4 rings (SSSR count). The lowest BCUT2D eigenvalue weighted by atomic mass is 9.42. The molecule has 0 unspecified atom stereocenters.